The minimum absolute atomic E-state index is 0.0442. The van der Waals surface area contributed by atoms with E-state index in [0.717, 1.165) is 0 Å². The summed E-state index contributed by atoms with van der Waals surface area (Å²) in [6, 6.07) is 6.74. The second-order valence-corrected chi connectivity index (χ2v) is 4.24. The number of carbonyl (C=O) groups excluding carboxylic acids is 1. The highest BCUT2D eigenvalue weighted by molar-refractivity contribution is 6.00. The van der Waals surface area contributed by atoms with Crippen molar-refractivity contribution in [2.45, 2.75) is 6.42 Å². The van der Waals surface area contributed by atoms with Gasteiger partial charge in [0.1, 0.15) is 11.8 Å². The van der Waals surface area contributed by atoms with Crippen molar-refractivity contribution >= 4 is 17.6 Å². The number of aliphatic carboxylic acids is 1. The lowest BCUT2D eigenvalue weighted by atomic mass is 10.1. The first-order valence-electron chi connectivity index (χ1n) is 5.68. The van der Waals surface area contributed by atoms with Crippen molar-refractivity contribution in [3.05, 3.63) is 23.8 Å². The van der Waals surface area contributed by atoms with Crippen LogP contribution in [0.2, 0.25) is 0 Å². The van der Waals surface area contributed by atoms with Crippen molar-refractivity contribution in [1.82, 2.24) is 0 Å². The van der Waals surface area contributed by atoms with Gasteiger partial charge in [0, 0.05) is 19.0 Å². The Morgan fingerprint density at radius 1 is 1.58 bits per heavy atom. The van der Waals surface area contributed by atoms with Gasteiger partial charge in [0.15, 0.2) is 0 Å². The Balaban J connectivity index is 2.39. The third-order valence-corrected chi connectivity index (χ3v) is 3.09. The van der Waals surface area contributed by atoms with Crippen LogP contribution in [0.1, 0.15) is 12.0 Å². The summed E-state index contributed by atoms with van der Waals surface area (Å²) in [5.41, 5.74) is 0.718. The molecule has 6 nitrogen and oxygen atoms in total. The maximum atomic E-state index is 11.9. The fourth-order valence-corrected chi connectivity index (χ4v) is 2.06. The molecule has 1 N–H and O–H groups in total. The zero-order valence-corrected chi connectivity index (χ0v) is 10.3. The Morgan fingerprint density at radius 3 is 2.84 bits per heavy atom. The molecule has 0 saturated carbocycles. The third-order valence-electron chi connectivity index (χ3n) is 3.09. The second kappa shape index (κ2) is 4.98. The fourth-order valence-electron chi connectivity index (χ4n) is 2.06. The number of carboxylic acid groups (broad SMARTS) is 1. The SMILES string of the molecule is COc1ccc(C#N)c(N2CC(C(=O)O)CC2=O)c1. The zero-order valence-electron chi connectivity index (χ0n) is 10.3. The Morgan fingerprint density at radius 2 is 2.32 bits per heavy atom. The van der Waals surface area contributed by atoms with Crippen LogP contribution in [0.25, 0.3) is 0 Å². The monoisotopic (exact) mass is 260 g/mol. The molecule has 2 rings (SSSR count). The topological polar surface area (TPSA) is 90.6 Å². The normalized spacial score (nSPS) is 18.2. The number of methoxy groups -OCH3 is 1. The molecule has 1 aromatic carbocycles. The molecule has 1 aromatic rings. The van der Waals surface area contributed by atoms with Gasteiger partial charge in [-0.2, -0.15) is 5.26 Å². The van der Waals surface area contributed by atoms with Gasteiger partial charge >= 0.3 is 5.97 Å². The number of carboxylic acids is 1. The van der Waals surface area contributed by atoms with Crippen LogP contribution < -0.4 is 9.64 Å². The van der Waals surface area contributed by atoms with E-state index in [-0.39, 0.29) is 18.9 Å². The molecule has 0 aromatic heterocycles. The standard InChI is InChI=1S/C13H12N2O4/c1-19-10-3-2-8(6-14)11(5-10)15-7-9(13(17)18)4-12(15)16/h2-3,5,9H,4,7H2,1H3,(H,17,18). The number of ether oxygens (including phenoxy) is 1. The molecule has 0 radical (unpaired) electrons. The summed E-state index contributed by atoms with van der Waals surface area (Å²) in [6.07, 6.45) is -0.0442. The Kier molecular flexibility index (Phi) is 3.38. The van der Waals surface area contributed by atoms with Gasteiger partial charge in [-0.05, 0) is 12.1 Å². The summed E-state index contributed by atoms with van der Waals surface area (Å²) in [7, 11) is 1.48. The van der Waals surface area contributed by atoms with E-state index >= 15 is 0 Å². The van der Waals surface area contributed by atoms with Crippen molar-refractivity contribution in [3.63, 3.8) is 0 Å². The molecule has 1 saturated heterocycles. The van der Waals surface area contributed by atoms with Crippen LogP contribution in [-0.2, 0) is 9.59 Å². The number of carbonyl (C=O) groups is 2. The van der Waals surface area contributed by atoms with Crippen molar-refractivity contribution in [3.8, 4) is 11.8 Å². The van der Waals surface area contributed by atoms with Gasteiger partial charge in [0.2, 0.25) is 5.91 Å². The number of benzene rings is 1. The number of amides is 1. The van der Waals surface area contributed by atoms with E-state index in [9.17, 15) is 9.59 Å². The molecule has 0 spiro atoms. The molecule has 1 unspecified atom stereocenters. The van der Waals surface area contributed by atoms with Gasteiger partial charge in [-0.15, -0.1) is 0 Å². The van der Waals surface area contributed by atoms with Crippen LogP contribution in [0.5, 0.6) is 5.75 Å². The van der Waals surface area contributed by atoms with E-state index in [1.54, 1.807) is 18.2 Å². The van der Waals surface area contributed by atoms with Crippen LogP contribution in [0.4, 0.5) is 5.69 Å². The molecule has 1 heterocycles. The molecule has 0 bridgehead atoms. The predicted molar refractivity (Wildman–Crippen MR) is 65.8 cm³/mol. The average molecular weight is 260 g/mol. The van der Waals surface area contributed by atoms with Crippen LogP contribution >= 0.6 is 0 Å². The third kappa shape index (κ3) is 2.36. The average Bonchev–Trinajstić information content (AvgIpc) is 2.80. The van der Waals surface area contributed by atoms with E-state index in [1.807, 2.05) is 6.07 Å². The quantitative estimate of drug-likeness (QED) is 0.875. The zero-order chi connectivity index (χ0) is 14.0. The summed E-state index contributed by atoms with van der Waals surface area (Å²) in [5, 5.41) is 18.0. The van der Waals surface area contributed by atoms with E-state index in [2.05, 4.69) is 0 Å². The number of rotatable bonds is 3. The highest BCUT2D eigenvalue weighted by Gasteiger charge is 2.36. The molecular formula is C13H12N2O4. The minimum Gasteiger partial charge on any atom is -0.497 e. The molecule has 98 valence electrons. The predicted octanol–water partition coefficient (Wildman–Crippen LogP) is 1.00. The fraction of sp³-hybridized carbons (Fsp3) is 0.308. The summed E-state index contributed by atoms with van der Waals surface area (Å²) >= 11 is 0. The van der Waals surface area contributed by atoms with E-state index in [0.29, 0.717) is 17.0 Å². The van der Waals surface area contributed by atoms with Crippen molar-refractivity contribution in [2.24, 2.45) is 5.92 Å². The molecule has 1 fully saturated rings. The molecule has 19 heavy (non-hydrogen) atoms. The van der Waals surface area contributed by atoms with Crippen molar-refractivity contribution in [2.75, 3.05) is 18.6 Å². The number of nitriles is 1. The number of anilines is 1. The first kappa shape index (κ1) is 12.9. The lowest BCUT2D eigenvalue weighted by Gasteiger charge is -2.18. The van der Waals surface area contributed by atoms with Gasteiger partial charge in [0.25, 0.3) is 0 Å². The highest BCUT2D eigenvalue weighted by Crippen LogP contribution is 2.31. The largest absolute Gasteiger partial charge is 0.497 e. The van der Waals surface area contributed by atoms with Crippen LogP contribution in [0.15, 0.2) is 18.2 Å². The lowest BCUT2D eigenvalue weighted by Crippen LogP contribution is -2.26. The molecular weight excluding hydrogens is 248 g/mol. The molecule has 0 aliphatic carbocycles. The van der Waals surface area contributed by atoms with Gasteiger partial charge < -0.3 is 14.7 Å². The summed E-state index contributed by atoms with van der Waals surface area (Å²) in [5.74, 6) is -1.51. The van der Waals surface area contributed by atoms with Gasteiger partial charge in [-0.3, -0.25) is 9.59 Å². The maximum Gasteiger partial charge on any atom is 0.308 e. The van der Waals surface area contributed by atoms with Crippen molar-refractivity contribution < 1.29 is 19.4 Å². The first-order valence-corrected chi connectivity index (χ1v) is 5.68. The first-order chi connectivity index (χ1) is 9.06. The summed E-state index contributed by atoms with van der Waals surface area (Å²) in [6.45, 7) is 0.0794. The number of hydrogen-bond acceptors (Lipinski definition) is 4. The number of nitrogens with zero attached hydrogens (tertiary/aromatic N) is 2. The Hall–Kier alpha value is -2.55. The van der Waals surface area contributed by atoms with Gasteiger partial charge in [-0.25, -0.2) is 0 Å². The summed E-state index contributed by atoms with van der Waals surface area (Å²) < 4.78 is 5.06. The minimum atomic E-state index is -1.00. The van der Waals surface area contributed by atoms with E-state index in [1.165, 1.54) is 12.0 Å². The molecule has 1 aliphatic rings. The Labute approximate surface area is 109 Å². The molecule has 1 amide bonds. The van der Waals surface area contributed by atoms with E-state index in [4.69, 9.17) is 15.1 Å². The van der Waals surface area contributed by atoms with Gasteiger partial charge in [0.05, 0.1) is 24.3 Å². The smallest absolute Gasteiger partial charge is 0.308 e. The van der Waals surface area contributed by atoms with Crippen molar-refractivity contribution in [1.29, 1.82) is 5.26 Å². The van der Waals surface area contributed by atoms with Crippen LogP contribution in [-0.4, -0.2) is 30.6 Å². The van der Waals surface area contributed by atoms with Crippen LogP contribution in [0.3, 0.4) is 0 Å². The lowest BCUT2D eigenvalue weighted by molar-refractivity contribution is -0.141. The number of hydrogen-bond donors (Lipinski definition) is 1. The van der Waals surface area contributed by atoms with Gasteiger partial charge in [-0.1, -0.05) is 0 Å². The highest BCUT2D eigenvalue weighted by atomic mass is 16.5. The maximum absolute atomic E-state index is 11.9. The summed E-state index contributed by atoms with van der Waals surface area (Å²) in [4.78, 5) is 24.1. The molecule has 1 atom stereocenters. The second-order valence-electron chi connectivity index (χ2n) is 4.24. The molecule has 6 heteroatoms. The Bertz CT molecular complexity index is 576. The van der Waals surface area contributed by atoms with E-state index < -0.39 is 11.9 Å². The molecule has 1 aliphatic heterocycles. The van der Waals surface area contributed by atoms with Crippen LogP contribution in [0, 0.1) is 17.2 Å².